The minimum atomic E-state index is -1.18. The highest BCUT2D eigenvalue weighted by atomic mass is 16.5. The Morgan fingerprint density at radius 3 is 2.38 bits per heavy atom. The number of hydrogen-bond donors (Lipinski definition) is 2. The Hall–Kier alpha value is -1.63. The largest absolute Gasteiger partial charge is 0.490 e. The number of amides is 1. The molecule has 0 unspecified atom stereocenters. The maximum absolute atomic E-state index is 11.6. The number of ether oxygens (including phenoxy) is 3. The monoisotopic (exact) mass is 339 g/mol. The summed E-state index contributed by atoms with van der Waals surface area (Å²) >= 11 is 0. The summed E-state index contributed by atoms with van der Waals surface area (Å²) in [5.74, 6) is 0.164. The fourth-order valence-electron chi connectivity index (χ4n) is 1.85. The van der Waals surface area contributed by atoms with Crippen molar-refractivity contribution in [3.05, 3.63) is 29.8 Å². The van der Waals surface area contributed by atoms with E-state index in [4.69, 9.17) is 14.2 Å². The van der Waals surface area contributed by atoms with E-state index in [1.807, 2.05) is 39.8 Å². The Morgan fingerprint density at radius 2 is 1.79 bits per heavy atom. The zero-order chi connectivity index (χ0) is 17.9. The van der Waals surface area contributed by atoms with Crippen molar-refractivity contribution < 1.29 is 24.1 Å². The molecular formula is C18H29NO5. The molecule has 0 heterocycles. The zero-order valence-corrected chi connectivity index (χ0v) is 15.0. The fourth-order valence-corrected chi connectivity index (χ4v) is 1.85. The summed E-state index contributed by atoms with van der Waals surface area (Å²) in [4.78, 5) is 11.6. The maximum atomic E-state index is 11.6. The van der Waals surface area contributed by atoms with Crippen molar-refractivity contribution in [3.8, 4) is 5.75 Å². The first kappa shape index (κ1) is 20.4. The third-order valence-corrected chi connectivity index (χ3v) is 3.01. The molecule has 2 N–H and O–H groups in total. The third-order valence-electron chi connectivity index (χ3n) is 3.01. The van der Waals surface area contributed by atoms with Gasteiger partial charge in [0.15, 0.2) is 6.10 Å². The summed E-state index contributed by atoms with van der Waals surface area (Å²) in [7, 11) is 0. The molecule has 136 valence electrons. The second-order valence-electron chi connectivity index (χ2n) is 6.11. The molecule has 0 saturated carbocycles. The highest BCUT2D eigenvalue weighted by Crippen LogP contribution is 2.13. The maximum Gasteiger partial charge on any atom is 0.252 e. The van der Waals surface area contributed by atoms with Gasteiger partial charge in [0, 0.05) is 6.04 Å². The van der Waals surface area contributed by atoms with Gasteiger partial charge in [0.05, 0.1) is 25.9 Å². The summed E-state index contributed by atoms with van der Waals surface area (Å²) in [6.07, 6.45) is -0.973. The van der Waals surface area contributed by atoms with Gasteiger partial charge in [-0.1, -0.05) is 12.1 Å². The molecular weight excluding hydrogens is 310 g/mol. The summed E-state index contributed by atoms with van der Waals surface area (Å²) in [6, 6.07) is 7.34. The Morgan fingerprint density at radius 1 is 1.12 bits per heavy atom. The van der Waals surface area contributed by atoms with Gasteiger partial charge in [-0.05, 0) is 45.4 Å². The SMILES string of the molecule is CC(C)NC(=O)[C@H](O)COc1ccc(COCCOC(C)C)cc1. The number of carbonyl (C=O) groups excluding carboxylic acids is 1. The molecule has 0 aromatic heterocycles. The van der Waals surface area contributed by atoms with Crippen LogP contribution in [-0.4, -0.2) is 49.1 Å². The second-order valence-corrected chi connectivity index (χ2v) is 6.11. The smallest absolute Gasteiger partial charge is 0.252 e. The summed E-state index contributed by atoms with van der Waals surface area (Å²) in [6.45, 7) is 9.19. The van der Waals surface area contributed by atoms with E-state index < -0.39 is 12.0 Å². The first-order valence-electron chi connectivity index (χ1n) is 8.28. The number of benzene rings is 1. The van der Waals surface area contributed by atoms with Crippen LogP contribution in [0.5, 0.6) is 5.75 Å². The van der Waals surface area contributed by atoms with Crippen molar-refractivity contribution in [1.82, 2.24) is 5.32 Å². The number of aliphatic hydroxyl groups excluding tert-OH is 1. The van der Waals surface area contributed by atoms with Crippen LogP contribution in [0, 0.1) is 0 Å². The molecule has 0 aliphatic carbocycles. The highest BCUT2D eigenvalue weighted by molar-refractivity contribution is 5.80. The standard InChI is InChI=1S/C18H29NO5/c1-13(2)19-18(21)17(20)12-24-16-7-5-15(6-8-16)11-22-9-10-23-14(3)4/h5-8,13-14,17,20H,9-12H2,1-4H3,(H,19,21)/t17-/m1/s1. The lowest BCUT2D eigenvalue weighted by molar-refractivity contribution is -0.131. The molecule has 0 saturated heterocycles. The van der Waals surface area contributed by atoms with Gasteiger partial charge in [-0.2, -0.15) is 0 Å². The minimum Gasteiger partial charge on any atom is -0.490 e. The molecule has 0 aliphatic rings. The number of hydrogen-bond acceptors (Lipinski definition) is 5. The molecule has 1 amide bonds. The molecule has 0 spiro atoms. The number of aliphatic hydroxyl groups is 1. The molecule has 0 radical (unpaired) electrons. The van der Waals surface area contributed by atoms with Gasteiger partial charge < -0.3 is 24.6 Å². The van der Waals surface area contributed by atoms with E-state index in [9.17, 15) is 9.90 Å². The predicted molar refractivity (Wildman–Crippen MR) is 92.0 cm³/mol. The van der Waals surface area contributed by atoms with Crippen LogP contribution in [-0.2, 0) is 20.9 Å². The third kappa shape index (κ3) is 8.86. The summed E-state index contributed by atoms with van der Waals surface area (Å²) < 4.78 is 16.3. The van der Waals surface area contributed by atoms with Crippen molar-refractivity contribution in [2.45, 2.75) is 52.6 Å². The van der Waals surface area contributed by atoms with Crippen molar-refractivity contribution in [2.75, 3.05) is 19.8 Å². The van der Waals surface area contributed by atoms with Crippen LogP contribution >= 0.6 is 0 Å². The van der Waals surface area contributed by atoms with Crippen LogP contribution in [0.15, 0.2) is 24.3 Å². The molecule has 0 aliphatic heterocycles. The van der Waals surface area contributed by atoms with Gasteiger partial charge in [-0.25, -0.2) is 0 Å². The van der Waals surface area contributed by atoms with Gasteiger partial charge in [0.1, 0.15) is 12.4 Å². The van der Waals surface area contributed by atoms with Crippen LogP contribution in [0.3, 0.4) is 0 Å². The van der Waals surface area contributed by atoms with Crippen LogP contribution in [0.4, 0.5) is 0 Å². The molecule has 1 rings (SSSR count). The van der Waals surface area contributed by atoms with Crippen LogP contribution in [0.2, 0.25) is 0 Å². The molecule has 6 nitrogen and oxygen atoms in total. The quantitative estimate of drug-likeness (QED) is 0.602. The van der Waals surface area contributed by atoms with Crippen LogP contribution in [0.25, 0.3) is 0 Å². The molecule has 0 bridgehead atoms. The van der Waals surface area contributed by atoms with Crippen molar-refractivity contribution in [1.29, 1.82) is 0 Å². The number of carbonyl (C=O) groups is 1. The second kappa shape index (κ2) is 11.0. The van der Waals surface area contributed by atoms with Crippen molar-refractivity contribution in [2.24, 2.45) is 0 Å². The van der Waals surface area contributed by atoms with Crippen LogP contribution in [0.1, 0.15) is 33.3 Å². The van der Waals surface area contributed by atoms with Gasteiger partial charge in [-0.15, -0.1) is 0 Å². The number of rotatable bonds is 11. The Bertz CT molecular complexity index is 473. The molecule has 6 heteroatoms. The molecule has 24 heavy (non-hydrogen) atoms. The summed E-state index contributed by atoms with van der Waals surface area (Å²) in [5.41, 5.74) is 1.02. The average molecular weight is 339 g/mol. The zero-order valence-electron chi connectivity index (χ0n) is 15.0. The highest BCUT2D eigenvalue weighted by Gasteiger charge is 2.16. The van der Waals surface area contributed by atoms with E-state index in [-0.39, 0.29) is 18.8 Å². The van der Waals surface area contributed by atoms with E-state index in [0.29, 0.717) is 25.6 Å². The lowest BCUT2D eigenvalue weighted by Crippen LogP contribution is -2.41. The van der Waals surface area contributed by atoms with E-state index in [1.165, 1.54) is 0 Å². The van der Waals surface area contributed by atoms with Gasteiger partial charge in [-0.3, -0.25) is 4.79 Å². The van der Waals surface area contributed by atoms with Crippen molar-refractivity contribution in [3.63, 3.8) is 0 Å². The molecule has 1 atom stereocenters. The van der Waals surface area contributed by atoms with Crippen molar-refractivity contribution >= 4 is 5.91 Å². The van der Waals surface area contributed by atoms with E-state index >= 15 is 0 Å². The first-order chi connectivity index (χ1) is 11.4. The Balaban J connectivity index is 2.28. The first-order valence-corrected chi connectivity index (χ1v) is 8.28. The molecule has 1 aromatic carbocycles. The fraction of sp³-hybridized carbons (Fsp3) is 0.611. The summed E-state index contributed by atoms with van der Waals surface area (Å²) in [5, 5.41) is 12.4. The van der Waals surface area contributed by atoms with E-state index in [2.05, 4.69) is 5.32 Å². The average Bonchev–Trinajstić information content (AvgIpc) is 2.52. The Kier molecular flexibility index (Phi) is 9.37. The van der Waals surface area contributed by atoms with Gasteiger partial charge >= 0.3 is 0 Å². The topological polar surface area (TPSA) is 77.0 Å². The number of nitrogens with one attached hydrogen (secondary N) is 1. The van der Waals surface area contributed by atoms with Crippen LogP contribution < -0.4 is 10.1 Å². The lowest BCUT2D eigenvalue weighted by atomic mass is 10.2. The molecule has 0 fully saturated rings. The predicted octanol–water partition coefficient (Wildman–Crippen LogP) is 1.89. The van der Waals surface area contributed by atoms with Gasteiger partial charge in [0.25, 0.3) is 5.91 Å². The van der Waals surface area contributed by atoms with Gasteiger partial charge in [0.2, 0.25) is 0 Å². The Labute approximate surface area is 144 Å². The van der Waals surface area contributed by atoms with E-state index in [0.717, 1.165) is 5.56 Å². The van der Waals surface area contributed by atoms with E-state index in [1.54, 1.807) is 12.1 Å². The normalized spacial score (nSPS) is 12.5. The lowest BCUT2D eigenvalue weighted by Gasteiger charge is -2.14. The molecule has 1 aromatic rings. The minimum absolute atomic E-state index is 0.0163.